The molecule has 0 aliphatic rings. The number of nitrogens with zero attached hydrogens (tertiary/aromatic N) is 3. The van der Waals surface area contributed by atoms with E-state index in [0.717, 1.165) is 25.0 Å². The van der Waals surface area contributed by atoms with Crippen LogP contribution in [0.3, 0.4) is 0 Å². The van der Waals surface area contributed by atoms with E-state index in [-0.39, 0.29) is 17.4 Å². The number of hydrogen-bond acceptors (Lipinski definition) is 7. The molecule has 3 aromatic carbocycles. The molecule has 0 unspecified atom stereocenters. The summed E-state index contributed by atoms with van der Waals surface area (Å²) in [6, 6.07) is 22.8. The first-order valence-corrected chi connectivity index (χ1v) is 11.1. The van der Waals surface area contributed by atoms with E-state index in [1.165, 1.54) is 5.56 Å². The Morgan fingerprint density at radius 3 is 2.56 bits per heavy atom. The number of anilines is 1. The van der Waals surface area contributed by atoms with E-state index < -0.39 is 0 Å². The smallest absolute Gasteiger partial charge is 0.241 e. The number of para-hydroxylation sites is 1. The van der Waals surface area contributed by atoms with E-state index >= 15 is 0 Å². The topological polar surface area (TPSA) is 120 Å². The lowest BCUT2D eigenvalue weighted by molar-refractivity contribution is 0.103. The molecular weight excluding hydrogens is 430 g/mol. The number of unbranched alkanes of at least 4 members (excludes halogenated alkanes) is 1. The lowest BCUT2D eigenvalue weighted by Gasteiger charge is -2.08. The molecule has 0 spiro atoms. The lowest BCUT2D eigenvalue weighted by Crippen LogP contribution is -2.02. The quantitative estimate of drug-likeness (QED) is 0.242. The van der Waals surface area contributed by atoms with Crippen LogP contribution in [0.2, 0.25) is 0 Å². The van der Waals surface area contributed by atoms with Gasteiger partial charge in [0, 0.05) is 10.9 Å². The zero-order valence-corrected chi connectivity index (χ0v) is 18.4. The first-order chi connectivity index (χ1) is 16.7. The van der Waals surface area contributed by atoms with Crippen molar-refractivity contribution in [2.45, 2.75) is 19.3 Å². The van der Waals surface area contributed by atoms with Gasteiger partial charge in [-0.3, -0.25) is 4.79 Å². The Morgan fingerprint density at radius 1 is 0.971 bits per heavy atom. The summed E-state index contributed by atoms with van der Waals surface area (Å²) in [6.45, 7) is 0.629. The van der Waals surface area contributed by atoms with Crippen molar-refractivity contribution in [3.05, 3.63) is 89.5 Å². The van der Waals surface area contributed by atoms with Crippen LogP contribution in [0, 0.1) is 0 Å². The Bertz CT molecular complexity index is 1390. The fraction of sp³-hybridized carbons (Fsp3) is 0.154. The molecule has 2 aromatic heterocycles. The second kappa shape index (κ2) is 9.58. The van der Waals surface area contributed by atoms with E-state index in [4.69, 9.17) is 14.9 Å². The van der Waals surface area contributed by atoms with Crippen molar-refractivity contribution in [1.82, 2.24) is 20.6 Å². The highest BCUT2D eigenvalue weighted by molar-refractivity contribution is 6.17. The number of carbonyl (C=O) groups excluding carboxylic acids is 1. The van der Waals surface area contributed by atoms with Crippen molar-refractivity contribution < 1.29 is 13.9 Å². The Hall–Kier alpha value is -4.46. The number of ether oxygens (including phenoxy) is 1. The Morgan fingerprint density at radius 2 is 1.79 bits per heavy atom. The van der Waals surface area contributed by atoms with E-state index in [9.17, 15) is 4.79 Å². The monoisotopic (exact) mass is 453 g/mol. The molecule has 0 atom stereocenters. The van der Waals surface area contributed by atoms with Crippen molar-refractivity contribution in [3.8, 4) is 17.3 Å². The molecule has 0 bridgehead atoms. The Balaban J connectivity index is 1.25. The molecule has 0 saturated carbocycles. The number of rotatable bonds is 9. The molecule has 0 aliphatic heterocycles. The molecule has 0 aliphatic carbocycles. The van der Waals surface area contributed by atoms with Crippen LogP contribution >= 0.6 is 0 Å². The number of fused-ring (bicyclic) bond motifs is 1. The molecule has 170 valence electrons. The van der Waals surface area contributed by atoms with Gasteiger partial charge in [-0.15, -0.1) is 10.2 Å². The van der Waals surface area contributed by atoms with Gasteiger partial charge in [0.1, 0.15) is 11.3 Å². The number of carbonyl (C=O) groups is 1. The third-order valence-corrected chi connectivity index (χ3v) is 5.63. The number of aromatic nitrogens is 4. The molecule has 0 fully saturated rings. The number of nitrogens with two attached hydrogens (primary N) is 1. The summed E-state index contributed by atoms with van der Waals surface area (Å²) >= 11 is 0. The third-order valence-electron chi connectivity index (χ3n) is 5.63. The third kappa shape index (κ3) is 4.38. The fourth-order valence-corrected chi connectivity index (χ4v) is 3.87. The fourth-order valence-electron chi connectivity index (χ4n) is 3.87. The predicted octanol–water partition coefficient (Wildman–Crippen LogP) is 4.83. The van der Waals surface area contributed by atoms with E-state index in [1.54, 1.807) is 30.3 Å². The average Bonchev–Trinajstić information content (AvgIpc) is 3.53. The van der Waals surface area contributed by atoms with E-state index in [0.29, 0.717) is 34.4 Å². The van der Waals surface area contributed by atoms with Crippen LogP contribution in [-0.4, -0.2) is 33.0 Å². The highest BCUT2D eigenvalue weighted by Crippen LogP contribution is 2.36. The normalized spacial score (nSPS) is 11.1. The minimum atomic E-state index is -0.173. The van der Waals surface area contributed by atoms with Crippen LogP contribution < -0.4 is 10.5 Å². The van der Waals surface area contributed by atoms with Crippen molar-refractivity contribution >= 4 is 22.4 Å². The second-order valence-electron chi connectivity index (χ2n) is 7.91. The van der Waals surface area contributed by atoms with Crippen LogP contribution in [-0.2, 0) is 6.42 Å². The predicted molar refractivity (Wildman–Crippen MR) is 129 cm³/mol. The summed E-state index contributed by atoms with van der Waals surface area (Å²) in [5, 5.41) is 14.4. The van der Waals surface area contributed by atoms with Crippen molar-refractivity contribution in [2.24, 2.45) is 0 Å². The summed E-state index contributed by atoms with van der Waals surface area (Å²) in [7, 11) is 0. The maximum absolute atomic E-state index is 13.2. The molecule has 5 rings (SSSR count). The van der Waals surface area contributed by atoms with Crippen LogP contribution in [0.15, 0.2) is 77.2 Å². The number of H-pyrrole nitrogens is 1. The lowest BCUT2D eigenvalue weighted by atomic mass is 10.0. The number of tetrazole rings is 1. The van der Waals surface area contributed by atoms with Gasteiger partial charge in [-0.05, 0) is 66.4 Å². The van der Waals surface area contributed by atoms with Crippen molar-refractivity contribution in [1.29, 1.82) is 0 Å². The number of nitrogen functional groups attached to an aromatic ring is 1. The largest absolute Gasteiger partial charge is 0.494 e. The number of hydrogen-bond donors (Lipinski definition) is 2. The van der Waals surface area contributed by atoms with Crippen LogP contribution in [0.25, 0.3) is 22.6 Å². The molecule has 8 heteroatoms. The minimum Gasteiger partial charge on any atom is -0.494 e. The average molecular weight is 454 g/mol. The van der Waals surface area contributed by atoms with Crippen molar-refractivity contribution in [3.63, 3.8) is 0 Å². The first kappa shape index (κ1) is 21.4. The number of aromatic amines is 1. The number of benzene rings is 3. The van der Waals surface area contributed by atoms with Gasteiger partial charge in [-0.2, -0.15) is 5.21 Å². The van der Waals surface area contributed by atoms with E-state index in [1.807, 2.05) is 18.2 Å². The van der Waals surface area contributed by atoms with Gasteiger partial charge in [-0.1, -0.05) is 36.4 Å². The van der Waals surface area contributed by atoms with Gasteiger partial charge < -0.3 is 14.9 Å². The Labute approximate surface area is 195 Å². The minimum absolute atomic E-state index is 0.173. The molecular formula is C26H23N5O3. The molecule has 0 saturated heterocycles. The second-order valence-corrected chi connectivity index (χ2v) is 7.91. The maximum atomic E-state index is 13.2. The summed E-state index contributed by atoms with van der Waals surface area (Å²) < 4.78 is 11.7. The summed E-state index contributed by atoms with van der Waals surface area (Å²) in [5.74, 6) is 1.07. The number of furan rings is 1. The summed E-state index contributed by atoms with van der Waals surface area (Å²) in [4.78, 5) is 13.2. The van der Waals surface area contributed by atoms with Gasteiger partial charge in [0.2, 0.25) is 5.82 Å². The molecule has 0 radical (unpaired) electrons. The number of nitrogens with one attached hydrogen (secondary N) is 1. The maximum Gasteiger partial charge on any atom is 0.241 e. The zero-order chi connectivity index (χ0) is 23.3. The van der Waals surface area contributed by atoms with Gasteiger partial charge in [0.15, 0.2) is 11.5 Å². The van der Waals surface area contributed by atoms with Gasteiger partial charge in [0.25, 0.3) is 0 Å². The van der Waals surface area contributed by atoms with Gasteiger partial charge >= 0.3 is 0 Å². The van der Waals surface area contributed by atoms with Crippen LogP contribution in [0.5, 0.6) is 5.75 Å². The molecule has 3 N–H and O–H groups in total. The van der Waals surface area contributed by atoms with E-state index in [2.05, 4.69) is 44.9 Å². The zero-order valence-electron chi connectivity index (χ0n) is 18.4. The van der Waals surface area contributed by atoms with Gasteiger partial charge in [-0.25, -0.2) is 0 Å². The van der Waals surface area contributed by atoms with Crippen LogP contribution in [0.4, 0.5) is 5.69 Å². The number of aryl methyl sites for hydroxylation is 1. The molecule has 8 nitrogen and oxygen atoms in total. The highest BCUT2D eigenvalue weighted by Gasteiger charge is 2.22. The van der Waals surface area contributed by atoms with Crippen LogP contribution in [0.1, 0.15) is 34.3 Å². The molecule has 2 heterocycles. The molecule has 34 heavy (non-hydrogen) atoms. The number of ketones is 1. The van der Waals surface area contributed by atoms with Gasteiger partial charge in [0.05, 0.1) is 17.9 Å². The standard InChI is InChI=1S/C26H23N5O3/c27-22-20-10-6-11-21(24(20)34-25(22)26-28-30-31-29-26)23(32)18-12-14-19(15-13-18)33-16-5-4-9-17-7-2-1-3-8-17/h1-3,6-8,10-15H,4-5,9,16,27H2,(H,28,29,30,31). The SMILES string of the molecule is Nc1c(-c2nn[nH]n2)oc2c(C(=O)c3ccc(OCCCCc4ccccc4)cc3)cccc12. The first-order valence-electron chi connectivity index (χ1n) is 11.1. The molecule has 5 aromatic rings. The molecule has 0 amide bonds. The summed E-state index contributed by atoms with van der Waals surface area (Å²) in [5.41, 5.74) is 9.25. The highest BCUT2D eigenvalue weighted by atomic mass is 16.5. The Kier molecular flexibility index (Phi) is 6.03. The summed E-state index contributed by atoms with van der Waals surface area (Å²) in [6.07, 6.45) is 3.05. The van der Waals surface area contributed by atoms with Crippen molar-refractivity contribution in [2.75, 3.05) is 12.3 Å².